The zero-order valence-electron chi connectivity index (χ0n) is 16.6. The molecule has 1 heteroatoms. The first-order valence-electron chi connectivity index (χ1n) is 11.0. The van der Waals surface area contributed by atoms with E-state index in [2.05, 4.69) is 0 Å². The first-order chi connectivity index (χ1) is 12.0. The summed E-state index contributed by atoms with van der Waals surface area (Å²) in [6, 6.07) is 12.0. The number of rotatable bonds is 0. The maximum atomic E-state index is 2.00. The Morgan fingerprint density at radius 3 is 0.360 bits per heavy atom. The lowest BCUT2D eigenvalue weighted by molar-refractivity contribution is 0.504. The zero-order chi connectivity index (χ0) is 17.0. The van der Waals surface area contributed by atoms with Gasteiger partial charge in [0.25, 0.3) is 0 Å². The summed E-state index contributed by atoms with van der Waals surface area (Å²) < 4.78 is 0. The standard InChI is InChI=1S/3C6H12.C6H6.FH/c4*1-2-4-6-5-3-1;/h3*1-6H2;1-6H;1H. The fraction of sp³-hybridized carbons (Fsp3) is 0.750. The van der Waals surface area contributed by atoms with E-state index in [-0.39, 0.29) is 4.70 Å². The van der Waals surface area contributed by atoms with Crippen molar-refractivity contribution in [1.82, 2.24) is 0 Å². The predicted octanol–water partition coefficient (Wildman–Crippen LogP) is 8.86. The molecule has 0 heterocycles. The third-order valence-electron chi connectivity index (χ3n) is 5.17. The molecular formula is C24H43F. The van der Waals surface area contributed by atoms with Crippen LogP contribution in [-0.4, -0.2) is 0 Å². The second-order valence-corrected chi connectivity index (χ2v) is 7.52. The molecule has 146 valence electrons. The van der Waals surface area contributed by atoms with Gasteiger partial charge in [-0.25, -0.2) is 0 Å². The molecule has 0 atom stereocenters. The van der Waals surface area contributed by atoms with Gasteiger partial charge in [0.05, 0.1) is 0 Å². The number of hydrogen-bond donors (Lipinski definition) is 0. The van der Waals surface area contributed by atoms with Crippen molar-refractivity contribution >= 4 is 0 Å². The van der Waals surface area contributed by atoms with Gasteiger partial charge >= 0.3 is 0 Å². The number of benzene rings is 1. The molecular weight excluding hydrogens is 307 g/mol. The lowest BCUT2D eigenvalue weighted by Gasteiger charge is -2.05. The largest absolute Gasteiger partial charge is 0.269 e. The summed E-state index contributed by atoms with van der Waals surface area (Å²) in [4.78, 5) is 0. The van der Waals surface area contributed by atoms with Crippen molar-refractivity contribution in [3.63, 3.8) is 0 Å². The molecule has 0 saturated heterocycles. The third kappa shape index (κ3) is 19.3. The van der Waals surface area contributed by atoms with E-state index in [9.17, 15) is 0 Å². The van der Waals surface area contributed by atoms with Gasteiger partial charge in [0, 0.05) is 0 Å². The quantitative estimate of drug-likeness (QED) is 0.438. The first kappa shape index (κ1) is 24.1. The molecule has 3 aliphatic rings. The fourth-order valence-corrected chi connectivity index (χ4v) is 3.57. The molecule has 4 rings (SSSR count). The second-order valence-electron chi connectivity index (χ2n) is 7.52. The van der Waals surface area contributed by atoms with Crippen molar-refractivity contribution in [1.29, 1.82) is 0 Å². The molecule has 0 N–H and O–H groups in total. The molecule has 0 unspecified atom stereocenters. The molecule has 0 aromatic heterocycles. The Morgan fingerprint density at radius 1 is 0.200 bits per heavy atom. The van der Waals surface area contributed by atoms with Gasteiger partial charge in [0.1, 0.15) is 0 Å². The summed E-state index contributed by atoms with van der Waals surface area (Å²) >= 11 is 0. The molecule has 3 saturated carbocycles. The van der Waals surface area contributed by atoms with Crippen molar-refractivity contribution in [3.05, 3.63) is 36.4 Å². The van der Waals surface area contributed by atoms with Crippen LogP contribution in [0.5, 0.6) is 0 Å². The van der Waals surface area contributed by atoms with E-state index in [1.54, 1.807) is 0 Å². The predicted molar refractivity (Wildman–Crippen MR) is 112 cm³/mol. The minimum absolute atomic E-state index is 0. The summed E-state index contributed by atoms with van der Waals surface area (Å²) in [5.41, 5.74) is 0. The van der Waals surface area contributed by atoms with Gasteiger partial charge in [-0.2, -0.15) is 0 Å². The Morgan fingerprint density at radius 2 is 0.280 bits per heavy atom. The van der Waals surface area contributed by atoms with E-state index >= 15 is 0 Å². The van der Waals surface area contributed by atoms with Gasteiger partial charge in [0.2, 0.25) is 0 Å². The van der Waals surface area contributed by atoms with Gasteiger partial charge in [-0.1, -0.05) is 152 Å². The molecule has 0 radical (unpaired) electrons. The number of hydrogen-bond acceptors (Lipinski definition) is 0. The Hall–Kier alpha value is -0.850. The van der Waals surface area contributed by atoms with Crippen LogP contribution < -0.4 is 0 Å². The number of halogens is 1. The first-order valence-corrected chi connectivity index (χ1v) is 11.0. The minimum atomic E-state index is 0. The van der Waals surface area contributed by atoms with Crippen LogP contribution in [0, 0.1) is 0 Å². The van der Waals surface area contributed by atoms with E-state index in [0.29, 0.717) is 0 Å². The van der Waals surface area contributed by atoms with Crippen molar-refractivity contribution in [2.75, 3.05) is 0 Å². The van der Waals surface area contributed by atoms with Crippen molar-refractivity contribution in [2.24, 2.45) is 0 Å². The van der Waals surface area contributed by atoms with Crippen molar-refractivity contribution in [2.45, 2.75) is 116 Å². The Bertz CT molecular complexity index is 220. The second kappa shape index (κ2) is 21.2. The Balaban J connectivity index is 0.000000303. The monoisotopic (exact) mass is 350 g/mol. The van der Waals surface area contributed by atoms with Crippen LogP contribution in [0.1, 0.15) is 116 Å². The summed E-state index contributed by atoms with van der Waals surface area (Å²) in [6.07, 6.45) is 27.0. The minimum Gasteiger partial charge on any atom is -0.269 e. The SMILES string of the molecule is C1CCCCC1.C1CCCCC1.C1CCCCC1.F.c1ccccc1. The summed E-state index contributed by atoms with van der Waals surface area (Å²) in [7, 11) is 0. The van der Waals surface area contributed by atoms with E-state index in [1.165, 1.54) is 116 Å². The van der Waals surface area contributed by atoms with Crippen LogP contribution in [0.3, 0.4) is 0 Å². The lowest BCUT2D eigenvalue weighted by atomic mass is 10.0. The van der Waals surface area contributed by atoms with E-state index < -0.39 is 0 Å². The summed E-state index contributed by atoms with van der Waals surface area (Å²) in [5, 5.41) is 0. The van der Waals surface area contributed by atoms with Gasteiger partial charge in [-0.05, 0) is 0 Å². The van der Waals surface area contributed by atoms with E-state index in [0.717, 1.165) is 0 Å². The average molecular weight is 351 g/mol. The Kier molecular flexibility index (Phi) is 20.5. The van der Waals surface area contributed by atoms with Crippen LogP contribution in [0.2, 0.25) is 0 Å². The highest BCUT2D eigenvalue weighted by molar-refractivity contribution is 4.99. The molecule has 1 aromatic rings. The third-order valence-corrected chi connectivity index (χ3v) is 5.17. The smallest absolute Gasteiger partial charge is 0.0533 e. The van der Waals surface area contributed by atoms with E-state index in [1.807, 2.05) is 36.4 Å². The van der Waals surface area contributed by atoms with Crippen LogP contribution in [0.25, 0.3) is 0 Å². The van der Waals surface area contributed by atoms with Gasteiger partial charge in [0.15, 0.2) is 0 Å². The topological polar surface area (TPSA) is 0 Å². The van der Waals surface area contributed by atoms with E-state index in [4.69, 9.17) is 0 Å². The summed E-state index contributed by atoms with van der Waals surface area (Å²) in [5.74, 6) is 0. The molecule has 0 amide bonds. The fourth-order valence-electron chi connectivity index (χ4n) is 3.57. The van der Waals surface area contributed by atoms with Crippen molar-refractivity contribution in [3.8, 4) is 0 Å². The van der Waals surface area contributed by atoms with Crippen LogP contribution in [0.4, 0.5) is 4.70 Å². The molecule has 0 spiro atoms. The lowest BCUT2D eigenvalue weighted by Crippen LogP contribution is -1.85. The van der Waals surface area contributed by atoms with Gasteiger partial charge in [-0.3, -0.25) is 4.70 Å². The Labute approximate surface area is 157 Å². The highest BCUT2D eigenvalue weighted by Gasteiger charge is 1.96. The summed E-state index contributed by atoms with van der Waals surface area (Å²) in [6.45, 7) is 0. The van der Waals surface area contributed by atoms with Gasteiger partial charge in [-0.15, -0.1) is 0 Å². The highest BCUT2D eigenvalue weighted by atomic mass is 19.0. The molecule has 3 fully saturated rings. The molecule has 0 aliphatic heterocycles. The zero-order valence-corrected chi connectivity index (χ0v) is 16.6. The van der Waals surface area contributed by atoms with Crippen molar-refractivity contribution < 1.29 is 4.70 Å². The normalized spacial score (nSPS) is 19.2. The van der Waals surface area contributed by atoms with Crippen LogP contribution >= 0.6 is 0 Å². The maximum absolute atomic E-state index is 2.00. The molecule has 3 aliphatic carbocycles. The van der Waals surface area contributed by atoms with Crippen LogP contribution in [-0.2, 0) is 0 Å². The van der Waals surface area contributed by atoms with Gasteiger partial charge < -0.3 is 0 Å². The van der Waals surface area contributed by atoms with Crippen LogP contribution in [0.15, 0.2) is 36.4 Å². The molecule has 25 heavy (non-hydrogen) atoms. The highest BCUT2D eigenvalue weighted by Crippen LogP contribution is 2.16. The maximum Gasteiger partial charge on any atom is -0.0533 e. The molecule has 1 aromatic carbocycles. The average Bonchev–Trinajstić information content (AvgIpc) is 2.75. The molecule has 0 bridgehead atoms. The molecule has 0 nitrogen and oxygen atoms in total.